The number of halogens is 3. The average molecular weight is 1190 g/mol. The minimum atomic E-state index is -5.08. The number of nitrogens with two attached hydrogens (primary N) is 1. The number of likely N-dealkylation sites (tertiary alicyclic amines) is 1. The van der Waals surface area contributed by atoms with E-state index in [9.17, 15) is 56.6 Å². The highest BCUT2D eigenvalue weighted by Crippen LogP contribution is 2.23. The summed E-state index contributed by atoms with van der Waals surface area (Å²) < 4.78 is 31.7. The summed E-state index contributed by atoms with van der Waals surface area (Å²) in [5.74, 6) is -6.93. The SMILES string of the molecule is CSCC[C@H](NC(=O)[C@H](Cc1ccccc1)NC(=O)CNC(=O)[C@@H](C)NC(=O)[C@@H](N)Cc1ccc(O)cc1)C(=O)N1CCC[C@H]1C(=O)N[C@@H](CC(C)C)C(=O)N[C@@H](Cc1c[nH]c2ccccc12)C(=O)NCc1ccccc1.O=C(O)C(F)(F)F. The maximum atomic E-state index is 14.6. The van der Waals surface area contributed by atoms with Gasteiger partial charge in [-0.15, -0.1) is 0 Å². The van der Waals surface area contributed by atoms with Gasteiger partial charge in [-0.25, -0.2) is 4.79 Å². The molecule has 5 aromatic rings. The molecule has 4 aromatic carbocycles. The van der Waals surface area contributed by atoms with Gasteiger partial charge in [-0.2, -0.15) is 24.9 Å². The fraction of sp³-hybridized carbons (Fsp3) is 0.407. The van der Waals surface area contributed by atoms with E-state index in [0.29, 0.717) is 29.7 Å². The van der Waals surface area contributed by atoms with Crippen LogP contribution >= 0.6 is 11.8 Å². The zero-order chi connectivity index (χ0) is 61.5. The van der Waals surface area contributed by atoms with E-state index < -0.39 is 108 Å². The van der Waals surface area contributed by atoms with Gasteiger partial charge in [0.15, 0.2) is 0 Å². The molecule has 0 unspecified atom stereocenters. The van der Waals surface area contributed by atoms with Crippen molar-refractivity contribution in [2.75, 3.05) is 25.1 Å². The van der Waals surface area contributed by atoms with Crippen LogP contribution in [0.3, 0.4) is 0 Å². The summed E-state index contributed by atoms with van der Waals surface area (Å²) in [6, 6.07) is 24.8. The van der Waals surface area contributed by atoms with Crippen LogP contribution in [0, 0.1) is 5.92 Å². The minimum Gasteiger partial charge on any atom is -0.508 e. The van der Waals surface area contributed by atoms with E-state index in [0.717, 1.165) is 22.0 Å². The van der Waals surface area contributed by atoms with E-state index in [4.69, 9.17) is 15.6 Å². The summed E-state index contributed by atoms with van der Waals surface area (Å²) in [6.07, 6.45) is 0.166. The summed E-state index contributed by atoms with van der Waals surface area (Å²) >= 11 is 1.46. The highest BCUT2D eigenvalue weighted by atomic mass is 32.2. The Morgan fingerprint density at radius 2 is 1.26 bits per heavy atom. The van der Waals surface area contributed by atoms with Crippen molar-refractivity contribution in [2.45, 2.75) is 121 Å². The van der Waals surface area contributed by atoms with E-state index >= 15 is 0 Å². The number of phenols is 1. The van der Waals surface area contributed by atoms with Crippen LogP contribution in [-0.4, -0.2) is 147 Å². The van der Waals surface area contributed by atoms with E-state index in [1.54, 1.807) is 42.5 Å². The molecule has 0 bridgehead atoms. The Morgan fingerprint density at radius 3 is 1.89 bits per heavy atom. The number of phenolic OH excluding ortho intramolecular Hbond substituents is 1. The molecule has 7 atom stereocenters. The third-order valence-corrected chi connectivity index (χ3v) is 14.2. The number of hydrogen-bond acceptors (Lipinski definition) is 12. The molecule has 12 N–H and O–H groups in total. The number of thioether (sulfide) groups is 1. The second kappa shape index (κ2) is 32.4. The number of carbonyl (C=O) groups is 9. The maximum absolute atomic E-state index is 14.6. The number of benzene rings is 4. The number of carboxylic acids is 1. The number of nitrogens with zero attached hydrogens (tertiary/aromatic N) is 1. The first-order valence-corrected chi connectivity index (χ1v) is 28.6. The number of hydrogen-bond donors (Lipinski definition) is 11. The van der Waals surface area contributed by atoms with Gasteiger partial charge in [-0.3, -0.25) is 38.4 Å². The number of rotatable bonds is 27. The average Bonchev–Trinajstić information content (AvgIpc) is 3.53. The quantitative estimate of drug-likeness (QED) is 0.0359. The van der Waals surface area contributed by atoms with Gasteiger partial charge in [-0.1, -0.05) is 105 Å². The molecule has 2 heterocycles. The molecule has 21 nitrogen and oxygen atoms in total. The van der Waals surface area contributed by atoms with Crippen LogP contribution in [0.25, 0.3) is 10.9 Å². The molecule has 0 aliphatic carbocycles. The zero-order valence-corrected chi connectivity index (χ0v) is 47.8. The number of carboxylic acid groups (broad SMARTS) is 1. The second-order valence-electron chi connectivity index (χ2n) is 20.6. The lowest BCUT2D eigenvalue weighted by molar-refractivity contribution is -0.192. The Bertz CT molecular complexity index is 3030. The maximum Gasteiger partial charge on any atom is 0.490 e. The fourth-order valence-electron chi connectivity index (χ4n) is 9.14. The number of aliphatic carboxylic acids is 1. The molecule has 452 valence electrons. The lowest BCUT2D eigenvalue weighted by Gasteiger charge is -2.31. The number of amides is 8. The van der Waals surface area contributed by atoms with Gasteiger partial charge in [0.05, 0.1) is 12.6 Å². The molecule has 1 aliphatic rings. The number of nitrogens with one attached hydrogen (secondary N) is 8. The Hall–Kier alpha value is -8.45. The Morgan fingerprint density at radius 1 is 0.679 bits per heavy atom. The monoisotopic (exact) mass is 1190 g/mol. The molecule has 1 aromatic heterocycles. The van der Waals surface area contributed by atoms with Crippen LogP contribution in [-0.2, 0) is 69.0 Å². The lowest BCUT2D eigenvalue weighted by Crippen LogP contribution is -2.59. The van der Waals surface area contributed by atoms with Crippen LogP contribution in [0.5, 0.6) is 5.75 Å². The second-order valence-corrected chi connectivity index (χ2v) is 21.6. The largest absolute Gasteiger partial charge is 0.508 e. The predicted molar refractivity (Wildman–Crippen MR) is 309 cm³/mol. The first-order valence-electron chi connectivity index (χ1n) is 27.3. The predicted octanol–water partition coefficient (Wildman–Crippen LogP) is 3.53. The summed E-state index contributed by atoms with van der Waals surface area (Å²) in [5, 5.41) is 37.0. The molecule has 0 spiro atoms. The first-order chi connectivity index (χ1) is 39.9. The van der Waals surface area contributed by atoms with Gasteiger partial charge in [0.1, 0.15) is 42.0 Å². The summed E-state index contributed by atoms with van der Waals surface area (Å²) in [6.45, 7) is 5.18. The normalized spacial score (nSPS) is 15.2. The van der Waals surface area contributed by atoms with E-state index in [1.165, 1.54) is 35.7 Å². The molecule has 1 saturated heterocycles. The topological polar surface area (TPSA) is 323 Å². The van der Waals surface area contributed by atoms with Crippen molar-refractivity contribution < 1.29 is 66.5 Å². The fourth-order valence-corrected chi connectivity index (χ4v) is 9.61. The minimum absolute atomic E-state index is 0.0343. The molecule has 1 fully saturated rings. The molecular weight excluding hydrogens is 1110 g/mol. The van der Waals surface area contributed by atoms with Crippen LogP contribution in [0.2, 0.25) is 0 Å². The number of aromatic amines is 1. The van der Waals surface area contributed by atoms with E-state index in [2.05, 4.69) is 42.2 Å². The molecule has 84 heavy (non-hydrogen) atoms. The molecule has 8 amide bonds. The number of aromatic hydroxyl groups is 1. The number of H-pyrrole nitrogens is 1. The van der Waals surface area contributed by atoms with Crippen LogP contribution in [0.1, 0.15) is 68.7 Å². The summed E-state index contributed by atoms with van der Waals surface area (Å²) in [7, 11) is 0. The smallest absolute Gasteiger partial charge is 0.490 e. The lowest BCUT2D eigenvalue weighted by atomic mass is 10.00. The van der Waals surface area contributed by atoms with Crippen molar-refractivity contribution in [1.82, 2.24) is 47.1 Å². The van der Waals surface area contributed by atoms with Crippen molar-refractivity contribution in [1.29, 1.82) is 0 Å². The number of para-hydroxylation sites is 1. The number of alkyl halides is 3. The molecule has 0 radical (unpaired) electrons. The van der Waals surface area contributed by atoms with Crippen LogP contribution in [0.15, 0.2) is 115 Å². The van der Waals surface area contributed by atoms with Crippen molar-refractivity contribution in [3.8, 4) is 5.75 Å². The number of fused-ring (bicyclic) bond motifs is 1. The van der Waals surface area contributed by atoms with Crippen molar-refractivity contribution >= 4 is 75.9 Å². The van der Waals surface area contributed by atoms with E-state index in [1.807, 2.05) is 80.9 Å². The molecule has 0 saturated carbocycles. The standard InChI is InChI=1S/C57H72N10O9S.C2HF3O2/c1-35(2)28-46(54(73)65-48(53(72)60-32-39-16-9-6-10-17-39)31-40-33-59-44-19-12-11-18-42(40)44)66-56(75)49-20-13-26-67(49)57(76)45(25-27-77-4)64-55(74)47(30-37-14-7-5-8-15-37)63-50(69)34-61-51(70)36(3)62-52(71)43(58)29-38-21-23-41(68)24-22-38;3-2(4,5)1(6)7/h5-12,14-19,21-24,33,35-36,43,45-49,59,68H,13,20,25-32,34,58H2,1-4H3,(H,60,72)(H,61,70)(H,62,71)(H,63,69)(H,64,74)(H,65,73)(H,66,75);(H,6,7)/t36-,43+,45+,46+,47+,48+,49+;/m1./s1. The number of aromatic nitrogens is 1. The Kier molecular flexibility index (Phi) is 25.6. The molecule has 25 heteroatoms. The van der Waals surface area contributed by atoms with Gasteiger partial charge >= 0.3 is 12.1 Å². The van der Waals surface area contributed by atoms with Gasteiger partial charge in [0.2, 0.25) is 47.3 Å². The third kappa shape index (κ3) is 21.1. The van der Waals surface area contributed by atoms with E-state index in [-0.39, 0.29) is 56.9 Å². The molecular formula is C59H73F3N10O11S. The molecule has 6 rings (SSSR count). The van der Waals surface area contributed by atoms with Crippen molar-refractivity contribution in [3.63, 3.8) is 0 Å². The van der Waals surface area contributed by atoms with Gasteiger partial charge < -0.3 is 63.0 Å². The summed E-state index contributed by atoms with van der Waals surface area (Å²) in [5.41, 5.74) is 10.1. The first kappa shape index (κ1) is 66.4. The van der Waals surface area contributed by atoms with Crippen molar-refractivity contribution in [3.05, 3.63) is 138 Å². The number of carbonyl (C=O) groups excluding carboxylic acids is 8. The highest BCUT2D eigenvalue weighted by Gasteiger charge is 2.41. The van der Waals surface area contributed by atoms with Crippen LogP contribution < -0.4 is 43.0 Å². The molecule has 1 aliphatic heterocycles. The Labute approximate surface area is 488 Å². The zero-order valence-electron chi connectivity index (χ0n) is 47.0. The Balaban J connectivity index is 0.00000173. The van der Waals surface area contributed by atoms with Crippen molar-refractivity contribution in [2.24, 2.45) is 11.7 Å². The van der Waals surface area contributed by atoms with Gasteiger partial charge in [0.25, 0.3) is 0 Å². The summed E-state index contributed by atoms with van der Waals surface area (Å²) in [4.78, 5) is 124. The third-order valence-electron chi connectivity index (χ3n) is 13.5. The van der Waals surface area contributed by atoms with Gasteiger partial charge in [-0.05, 0) is 97.4 Å². The van der Waals surface area contributed by atoms with Crippen LogP contribution in [0.4, 0.5) is 13.2 Å². The van der Waals surface area contributed by atoms with Gasteiger partial charge in [0, 0.05) is 43.0 Å². The highest BCUT2D eigenvalue weighted by molar-refractivity contribution is 7.98.